The summed E-state index contributed by atoms with van der Waals surface area (Å²) in [7, 11) is 0. The van der Waals surface area contributed by atoms with Crippen LogP contribution in [0.25, 0.3) is 0 Å². The zero-order valence-electron chi connectivity index (χ0n) is 7.82. The maximum atomic E-state index is 9.66. The van der Waals surface area contributed by atoms with Gasteiger partial charge in [-0.15, -0.1) is 12.4 Å². The SMILES string of the molecule is Cl.NCCCC(O)c1cccc(Cl)c1. The molecule has 0 saturated carbocycles. The third-order valence-electron chi connectivity index (χ3n) is 1.92. The largest absolute Gasteiger partial charge is 0.388 e. The van der Waals surface area contributed by atoms with Gasteiger partial charge in [-0.3, -0.25) is 0 Å². The fourth-order valence-corrected chi connectivity index (χ4v) is 1.39. The number of aliphatic hydroxyl groups excluding tert-OH is 1. The van der Waals surface area contributed by atoms with Crippen molar-refractivity contribution in [3.8, 4) is 0 Å². The van der Waals surface area contributed by atoms with E-state index in [9.17, 15) is 5.11 Å². The van der Waals surface area contributed by atoms with Crippen LogP contribution < -0.4 is 5.73 Å². The van der Waals surface area contributed by atoms with Crippen molar-refractivity contribution in [1.29, 1.82) is 0 Å². The van der Waals surface area contributed by atoms with Gasteiger partial charge in [0.1, 0.15) is 0 Å². The van der Waals surface area contributed by atoms with Crippen molar-refractivity contribution in [2.75, 3.05) is 6.54 Å². The fraction of sp³-hybridized carbons (Fsp3) is 0.400. The summed E-state index contributed by atoms with van der Waals surface area (Å²) in [6, 6.07) is 7.28. The molecule has 1 aromatic carbocycles. The molecule has 0 spiro atoms. The van der Waals surface area contributed by atoms with Gasteiger partial charge in [-0.25, -0.2) is 0 Å². The Balaban J connectivity index is 0.00000169. The molecule has 14 heavy (non-hydrogen) atoms. The molecule has 1 aromatic rings. The molecule has 0 aromatic heterocycles. The van der Waals surface area contributed by atoms with Gasteiger partial charge in [-0.1, -0.05) is 23.7 Å². The van der Waals surface area contributed by atoms with Crippen LogP contribution in [-0.2, 0) is 0 Å². The molecule has 4 heteroatoms. The minimum Gasteiger partial charge on any atom is -0.388 e. The summed E-state index contributed by atoms with van der Waals surface area (Å²) in [5.74, 6) is 0. The maximum absolute atomic E-state index is 9.66. The molecule has 0 radical (unpaired) electrons. The molecule has 1 atom stereocenters. The van der Waals surface area contributed by atoms with Crippen LogP contribution in [0, 0.1) is 0 Å². The molecule has 0 aliphatic carbocycles. The van der Waals surface area contributed by atoms with E-state index in [0.717, 1.165) is 12.0 Å². The van der Waals surface area contributed by atoms with E-state index in [1.54, 1.807) is 12.1 Å². The molecule has 80 valence electrons. The molecule has 0 fully saturated rings. The minimum absolute atomic E-state index is 0. The summed E-state index contributed by atoms with van der Waals surface area (Å²) in [5.41, 5.74) is 6.21. The Morgan fingerprint density at radius 3 is 2.71 bits per heavy atom. The van der Waals surface area contributed by atoms with Crippen molar-refractivity contribution in [3.05, 3.63) is 34.9 Å². The molecule has 0 heterocycles. The van der Waals surface area contributed by atoms with Crippen molar-refractivity contribution in [2.45, 2.75) is 18.9 Å². The second kappa shape index (κ2) is 7.07. The molecule has 1 unspecified atom stereocenters. The molecule has 2 nitrogen and oxygen atoms in total. The topological polar surface area (TPSA) is 46.2 Å². The van der Waals surface area contributed by atoms with Crippen LogP contribution in [0.2, 0.25) is 5.02 Å². The number of hydrogen-bond donors (Lipinski definition) is 2. The van der Waals surface area contributed by atoms with E-state index < -0.39 is 6.10 Å². The van der Waals surface area contributed by atoms with Gasteiger partial charge in [0.2, 0.25) is 0 Å². The molecule has 1 rings (SSSR count). The van der Waals surface area contributed by atoms with Gasteiger partial charge in [0, 0.05) is 5.02 Å². The Hall–Kier alpha value is -0.280. The van der Waals surface area contributed by atoms with Crippen molar-refractivity contribution < 1.29 is 5.11 Å². The Bertz CT molecular complexity index is 268. The number of aliphatic hydroxyl groups is 1. The fourth-order valence-electron chi connectivity index (χ4n) is 1.19. The van der Waals surface area contributed by atoms with Crippen molar-refractivity contribution in [3.63, 3.8) is 0 Å². The Morgan fingerprint density at radius 1 is 1.43 bits per heavy atom. The van der Waals surface area contributed by atoms with E-state index in [1.807, 2.05) is 12.1 Å². The van der Waals surface area contributed by atoms with Gasteiger partial charge in [-0.2, -0.15) is 0 Å². The molecular formula is C10H15Cl2NO. The molecule has 0 aliphatic rings. The van der Waals surface area contributed by atoms with Gasteiger partial charge in [0.05, 0.1) is 6.10 Å². The minimum atomic E-state index is -0.442. The highest BCUT2D eigenvalue weighted by atomic mass is 35.5. The first-order valence-corrected chi connectivity index (χ1v) is 4.75. The zero-order valence-corrected chi connectivity index (χ0v) is 9.39. The lowest BCUT2D eigenvalue weighted by atomic mass is 10.1. The van der Waals surface area contributed by atoms with Crippen LogP contribution in [-0.4, -0.2) is 11.7 Å². The normalized spacial score (nSPS) is 11.9. The third kappa shape index (κ3) is 4.29. The summed E-state index contributed by atoms with van der Waals surface area (Å²) in [4.78, 5) is 0. The second-order valence-electron chi connectivity index (χ2n) is 3.00. The predicted octanol–water partition coefficient (Wildman–Crippen LogP) is 2.53. The van der Waals surface area contributed by atoms with Crippen molar-refractivity contribution in [1.82, 2.24) is 0 Å². The number of benzene rings is 1. The van der Waals surface area contributed by atoms with E-state index in [-0.39, 0.29) is 12.4 Å². The van der Waals surface area contributed by atoms with Gasteiger partial charge in [-0.05, 0) is 37.1 Å². The smallest absolute Gasteiger partial charge is 0.0791 e. The van der Waals surface area contributed by atoms with Crippen LogP contribution in [0.3, 0.4) is 0 Å². The van der Waals surface area contributed by atoms with Crippen LogP contribution in [0.4, 0.5) is 0 Å². The summed E-state index contributed by atoms with van der Waals surface area (Å²) in [6.07, 6.45) is 1.08. The van der Waals surface area contributed by atoms with Crippen LogP contribution in [0.15, 0.2) is 24.3 Å². The number of halogens is 2. The first-order valence-electron chi connectivity index (χ1n) is 4.37. The van der Waals surface area contributed by atoms with Gasteiger partial charge >= 0.3 is 0 Å². The highest BCUT2D eigenvalue weighted by Crippen LogP contribution is 2.20. The van der Waals surface area contributed by atoms with Crippen LogP contribution in [0.5, 0.6) is 0 Å². The van der Waals surface area contributed by atoms with E-state index >= 15 is 0 Å². The van der Waals surface area contributed by atoms with Crippen molar-refractivity contribution in [2.24, 2.45) is 5.73 Å². The first kappa shape index (κ1) is 13.7. The highest BCUT2D eigenvalue weighted by molar-refractivity contribution is 6.30. The van der Waals surface area contributed by atoms with Crippen LogP contribution in [0.1, 0.15) is 24.5 Å². The molecule has 0 aliphatic heterocycles. The van der Waals surface area contributed by atoms with Gasteiger partial charge < -0.3 is 10.8 Å². The summed E-state index contributed by atoms with van der Waals surface area (Å²) < 4.78 is 0. The number of nitrogens with two attached hydrogens (primary N) is 1. The lowest BCUT2D eigenvalue weighted by Crippen LogP contribution is -2.03. The molecule has 0 bridgehead atoms. The Morgan fingerprint density at radius 2 is 2.14 bits per heavy atom. The molecule has 0 saturated heterocycles. The summed E-state index contributed by atoms with van der Waals surface area (Å²) in [6.45, 7) is 0.609. The first-order chi connectivity index (χ1) is 6.24. The van der Waals surface area contributed by atoms with E-state index in [1.165, 1.54) is 0 Å². The Kier molecular flexibility index (Phi) is 6.93. The van der Waals surface area contributed by atoms with Gasteiger partial charge in [0.25, 0.3) is 0 Å². The average Bonchev–Trinajstić information content (AvgIpc) is 2.14. The molecular weight excluding hydrogens is 221 g/mol. The zero-order chi connectivity index (χ0) is 9.68. The third-order valence-corrected chi connectivity index (χ3v) is 2.15. The Labute approximate surface area is 95.5 Å². The van der Waals surface area contributed by atoms with Crippen LogP contribution >= 0.6 is 24.0 Å². The standard InChI is InChI=1S/C10H14ClNO.ClH/c11-9-4-1-3-8(7-9)10(13)5-2-6-12;/h1,3-4,7,10,13H,2,5-6,12H2;1H. The van der Waals surface area contributed by atoms with E-state index in [4.69, 9.17) is 17.3 Å². The highest BCUT2D eigenvalue weighted by Gasteiger charge is 2.06. The van der Waals surface area contributed by atoms with E-state index in [2.05, 4.69) is 0 Å². The molecule has 0 amide bonds. The lowest BCUT2D eigenvalue weighted by molar-refractivity contribution is 0.165. The number of hydrogen-bond acceptors (Lipinski definition) is 2. The number of rotatable bonds is 4. The molecule has 3 N–H and O–H groups in total. The average molecular weight is 236 g/mol. The van der Waals surface area contributed by atoms with Crippen molar-refractivity contribution >= 4 is 24.0 Å². The maximum Gasteiger partial charge on any atom is 0.0791 e. The predicted molar refractivity (Wildman–Crippen MR) is 61.9 cm³/mol. The lowest BCUT2D eigenvalue weighted by Gasteiger charge is -2.09. The second-order valence-corrected chi connectivity index (χ2v) is 3.44. The van der Waals surface area contributed by atoms with Gasteiger partial charge in [0.15, 0.2) is 0 Å². The summed E-state index contributed by atoms with van der Waals surface area (Å²) >= 11 is 5.79. The monoisotopic (exact) mass is 235 g/mol. The van der Waals surface area contributed by atoms with E-state index in [0.29, 0.717) is 18.0 Å². The quantitative estimate of drug-likeness (QED) is 0.843. The summed E-state index contributed by atoms with van der Waals surface area (Å²) in [5, 5.41) is 10.3.